The van der Waals surface area contributed by atoms with Gasteiger partial charge in [0.15, 0.2) is 0 Å². The molecule has 2 rings (SSSR count). The Balaban J connectivity index is 2.37. The highest BCUT2D eigenvalue weighted by molar-refractivity contribution is 5.95. The molecule has 80 valence electrons. The van der Waals surface area contributed by atoms with Crippen molar-refractivity contribution in [3.8, 4) is 0 Å². The molecule has 2 N–H and O–H groups in total. The summed E-state index contributed by atoms with van der Waals surface area (Å²) in [5.41, 5.74) is 1.98. The molecule has 0 aromatic heterocycles. The van der Waals surface area contributed by atoms with E-state index >= 15 is 0 Å². The Kier molecular flexibility index (Phi) is 2.76. The Labute approximate surface area is 89.3 Å². The average molecular weight is 205 g/mol. The maximum absolute atomic E-state index is 11.7. The molecule has 15 heavy (non-hydrogen) atoms. The fourth-order valence-corrected chi connectivity index (χ4v) is 1.79. The molecule has 0 unspecified atom stereocenters. The highest BCUT2D eigenvalue weighted by Crippen LogP contribution is 2.27. The quantitative estimate of drug-likeness (QED) is 0.676. The maximum Gasteiger partial charge on any atom is 0.321 e. The number of amides is 2. The van der Waals surface area contributed by atoms with Crippen LogP contribution in [0.2, 0.25) is 0 Å². The molecule has 0 spiro atoms. The minimum atomic E-state index is -0.0499. The molecule has 4 nitrogen and oxygen atoms in total. The van der Waals surface area contributed by atoms with Gasteiger partial charge in [0.2, 0.25) is 0 Å². The van der Waals surface area contributed by atoms with Crippen LogP contribution >= 0.6 is 0 Å². The fraction of sp³-hybridized carbons (Fsp3) is 0.364. The van der Waals surface area contributed by atoms with E-state index in [0.717, 1.165) is 30.9 Å². The molecule has 1 aliphatic heterocycles. The van der Waals surface area contributed by atoms with Crippen molar-refractivity contribution in [2.24, 2.45) is 0 Å². The molecule has 1 aromatic rings. The SMILES string of the molecule is CNC(=O)N1CCCNc2ccccc21. The number of benzene rings is 1. The third kappa shape index (κ3) is 1.88. The highest BCUT2D eigenvalue weighted by atomic mass is 16.2. The van der Waals surface area contributed by atoms with Crippen molar-refractivity contribution in [2.45, 2.75) is 6.42 Å². The molecule has 0 fully saturated rings. The number of nitrogens with zero attached hydrogens (tertiary/aromatic N) is 1. The van der Waals surface area contributed by atoms with Crippen LogP contribution in [0.5, 0.6) is 0 Å². The Bertz CT molecular complexity index is 365. The predicted octanol–water partition coefficient (Wildman–Crippen LogP) is 1.65. The van der Waals surface area contributed by atoms with Gasteiger partial charge in [0.1, 0.15) is 0 Å². The highest BCUT2D eigenvalue weighted by Gasteiger charge is 2.19. The van der Waals surface area contributed by atoms with E-state index < -0.39 is 0 Å². The lowest BCUT2D eigenvalue weighted by atomic mass is 10.2. The van der Waals surface area contributed by atoms with Crippen LogP contribution in [-0.2, 0) is 0 Å². The van der Waals surface area contributed by atoms with Crippen LogP contribution in [-0.4, -0.2) is 26.2 Å². The molecule has 1 heterocycles. The zero-order valence-electron chi connectivity index (χ0n) is 8.79. The van der Waals surface area contributed by atoms with Crippen LogP contribution in [0.1, 0.15) is 6.42 Å². The average Bonchev–Trinajstić information content (AvgIpc) is 2.50. The summed E-state index contributed by atoms with van der Waals surface area (Å²) in [6, 6.07) is 7.83. The summed E-state index contributed by atoms with van der Waals surface area (Å²) in [5.74, 6) is 0. The Hall–Kier alpha value is -1.71. The number of nitrogens with one attached hydrogen (secondary N) is 2. The Morgan fingerprint density at radius 1 is 1.47 bits per heavy atom. The number of fused-ring (bicyclic) bond motifs is 1. The Morgan fingerprint density at radius 2 is 2.27 bits per heavy atom. The largest absolute Gasteiger partial charge is 0.383 e. The molecule has 0 bridgehead atoms. The van der Waals surface area contributed by atoms with Crippen molar-refractivity contribution in [3.05, 3.63) is 24.3 Å². The van der Waals surface area contributed by atoms with Crippen molar-refractivity contribution < 1.29 is 4.79 Å². The second kappa shape index (κ2) is 4.21. The van der Waals surface area contributed by atoms with E-state index in [4.69, 9.17) is 0 Å². The van der Waals surface area contributed by atoms with E-state index in [-0.39, 0.29) is 6.03 Å². The van der Waals surface area contributed by atoms with Crippen LogP contribution in [0.15, 0.2) is 24.3 Å². The third-order valence-electron chi connectivity index (χ3n) is 2.53. The van der Waals surface area contributed by atoms with Gasteiger partial charge in [-0.3, -0.25) is 4.90 Å². The number of urea groups is 1. The molecule has 0 saturated heterocycles. The van der Waals surface area contributed by atoms with Gasteiger partial charge < -0.3 is 10.6 Å². The van der Waals surface area contributed by atoms with Crippen molar-refractivity contribution in [1.82, 2.24) is 5.32 Å². The monoisotopic (exact) mass is 205 g/mol. The van der Waals surface area contributed by atoms with Crippen LogP contribution in [0.25, 0.3) is 0 Å². The standard InChI is InChI=1S/C11H15N3O/c1-12-11(15)14-8-4-7-13-9-5-2-3-6-10(9)14/h2-3,5-6,13H,4,7-8H2,1H3,(H,12,15). The van der Waals surface area contributed by atoms with Gasteiger partial charge in [-0.1, -0.05) is 12.1 Å². The number of hydrogen-bond acceptors (Lipinski definition) is 2. The van der Waals surface area contributed by atoms with Crippen molar-refractivity contribution in [2.75, 3.05) is 30.4 Å². The predicted molar refractivity (Wildman–Crippen MR) is 61.4 cm³/mol. The zero-order valence-corrected chi connectivity index (χ0v) is 8.79. The van der Waals surface area contributed by atoms with E-state index in [1.807, 2.05) is 24.3 Å². The molecule has 0 radical (unpaired) electrons. The number of carbonyl (C=O) groups excluding carboxylic acids is 1. The lowest BCUT2D eigenvalue weighted by Gasteiger charge is -2.21. The van der Waals surface area contributed by atoms with E-state index in [1.165, 1.54) is 0 Å². The number of rotatable bonds is 0. The van der Waals surface area contributed by atoms with Crippen molar-refractivity contribution in [1.29, 1.82) is 0 Å². The first-order valence-corrected chi connectivity index (χ1v) is 5.15. The van der Waals surface area contributed by atoms with Crippen LogP contribution in [0.3, 0.4) is 0 Å². The molecule has 0 saturated carbocycles. The number of hydrogen-bond donors (Lipinski definition) is 2. The van der Waals surface area contributed by atoms with Crippen molar-refractivity contribution in [3.63, 3.8) is 0 Å². The summed E-state index contributed by atoms with van der Waals surface area (Å²) in [4.78, 5) is 13.4. The number of para-hydroxylation sites is 2. The molecular weight excluding hydrogens is 190 g/mol. The lowest BCUT2D eigenvalue weighted by molar-refractivity contribution is 0.248. The topological polar surface area (TPSA) is 44.4 Å². The maximum atomic E-state index is 11.7. The summed E-state index contributed by atoms with van der Waals surface area (Å²) in [6.07, 6.45) is 0.960. The molecule has 4 heteroatoms. The molecule has 2 amide bonds. The van der Waals surface area contributed by atoms with Gasteiger partial charge in [-0.2, -0.15) is 0 Å². The second-order valence-electron chi connectivity index (χ2n) is 3.50. The molecule has 1 aliphatic rings. The van der Waals surface area contributed by atoms with Gasteiger partial charge in [-0.05, 0) is 18.6 Å². The number of anilines is 2. The molecular formula is C11H15N3O. The third-order valence-corrected chi connectivity index (χ3v) is 2.53. The molecule has 0 atom stereocenters. The van der Waals surface area contributed by atoms with Crippen molar-refractivity contribution >= 4 is 17.4 Å². The summed E-state index contributed by atoms with van der Waals surface area (Å²) in [7, 11) is 1.66. The normalized spacial score (nSPS) is 14.9. The minimum Gasteiger partial charge on any atom is -0.383 e. The minimum absolute atomic E-state index is 0.0499. The van der Waals surface area contributed by atoms with Gasteiger partial charge in [0.25, 0.3) is 0 Å². The lowest BCUT2D eigenvalue weighted by Crippen LogP contribution is -2.38. The van der Waals surface area contributed by atoms with E-state index in [0.29, 0.717) is 0 Å². The fourth-order valence-electron chi connectivity index (χ4n) is 1.79. The van der Waals surface area contributed by atoms with Crippen LogP contribution in [0, 0.1) is 0 Å². The van der Waals surface area contributed by atoms with E-state index in [1.54, 1.807) is 11.9 Å². The summed E-state index contributed by atoms with van der Waals surface area (Å²) < 4.78 is 0. The first-order chi connectivity index (χ1) is 7.33. The van der Waals surface area contributed by atoms with E-state index in [2.05, 4.69) is 10.6 Å². The summed E-state index contributed by atoms with van der Waals surface area (Å²) in [5, 5.41) is 5.97. The smallest absolute Gasteiger partial charge is 0.321 e. The van der Waals surface area contributed by atoms with Crippen LogP contribution in [0.4, 0.5) is 16.2 Å². The van der Waals surface area contributed by atoms with E-state index in [9.17, 15) is 4.79 Å². The van der Waals surface area contributed by atoms with Gasteiger partial charge in [-0.25, -0.2) is 4.79 Å². The molecule has 1 aromatic carbocycles. The second-order valence-corrected chi connectivity index (χ2v) is 3.50. The number of carbonyl (C=O) groups is 1. The zero-order chi connectivity index (χ0) is 10.7. The summed E-state index contributed by atoms with van der Waals surface area (Å²) in [6.45, 7) is 1.66. The first kappa shape index (κ1) is 9.83. The first-order valence-electron chi connectivity index (χ1n) is 5.15. The van der Waals surface area contributed by atoms with Crippen LogP contribution < -0.4 is 15.5 Å². The van der Waals surface area contributed by atoms with Gasteiger partial charge in [-0.15, -0.1) is 0 Å². The molecule has 0 aliphatic carbocycles. The van der Waals surface area contributed by atoms with Gasteiger partial charge >= 0.3 is 6.03 Å². The summed E-state index contributed by atoms with van der Waals surface area (Å²) >= 11 is 0. The Morgan fingerprint density at radius 3 is 3.07 bits per heavy atom. The van der Waals surface area contributed by atoms with Gasteiger partial charge in [0, 0.05) is 20.1 Å². The van der Waals surface area contributed by atoms with Gasteiger partial charge in [0.05, 0.1) is 11.4 Å².